The maximum atomic E-state index is 12.4. The second-order valence-corrected chi connectivity index (χ2v) is 6.02. The van der Waals surface area contributed by atoms with Crippen LogP contribution in [0.2, 0.25) is 0 Å². The largest absolute Gasteiger partial charge is 0.316 e. The van der Waals surface area contributed by atoms with Crippen molar-refractivity contribution in [2.24, 2.45) is 11.8 Å². The lowest BCUT2D eigenvalue weighted by molar-refractivity contribution is -0.121. The van der Waals surface area contributed by atoms with Gasteiger partial charge in [-0.15, -0.1) is 0 Å². The number of nitrogens with one attached hydrogen (secondary N) is 1. The second kappa shape index (κ2) is 4.97. The van der Waals surface area contributed by atoms with Gasteiger partial charge in [0.1, 0.15) is 0 Å². The van der Waals surface area contributed by atoms with Gasteiger partial charge in [-0.3, -0.25) is 4.79 Å². The summed E-state index contributed by atoms with van der Waals surface area (Å²) in [5, 5.41) is 3.50. The van der Waals surface area contributed by atoms with Gasteiger partial charge in [0.25, 0.3) is 0 Å². The zero-order valence-corrected chi connectivity index (χ0v) is 11.7. The molecular formula is C16H22N2O. The molecule has 19 heavy (non-hydrogen) atoms. The van der Waals surface area contributed by atoms with Crippen molar-refractivity contribution in [3.63, 3.8) is 0 Å². The molecule has 3 nitrogen and oxygen atoms in total. The highest BCUT2D eigenvalue weighted by molar-refractivity contribution is 5.95. The Morgan fingerprint density at radius 3 is 2.89 bits per heavy atom. The van der Waals surface area contributed by atoms with Crippen LogP contribution >= 0.6 is 0 Å². The minimum Gasteiger partial charge on any atom is -0.316 e. The lowest BCUT2D eigenvalue weighted by atomic mass is 9.87. The van der Waals surface area contributed by atoms with E-state index in [1.165, 1.54) is 5.56 Å². The van der Waals surface area contributed by atoms with Crippen LogP contribution in [0, 0.1) is 11.8 Å². The first-order chi connectivity index (χ1) is 9.18. The SMILES string of the molecule is CC(C)C(=O)N1CC[C@@H]2CNC[C@H]2c2ccccc21. The van der Waals surface area contributed by atoms with Crippen LogP contribution in [0.25, 0.3) is 0 Å². The predicted octanol–water partition coefficient (Wildman–Crippen LogP) is 2.38. The zero-order valence-electron chi connectivity index (χ0n) is 11.7. The van der Waals surface area contributed by atoms with E-state index in [4.69, 9.17) is 0 Å². The van der Waals surface area contributed by atoms with Gasteiger partial charge in [0.05, 0.1) is 0 Å². The Hall–Kier alpha value is -1.35. The fraction of sp³-hybridized carbons (Fsp3) is 0.562. The number of rotatable bonds is 1. The molecule has 0 saturated carbocycles. The maximum absolute atomic E-state index is 12.4. The molecule has 0 aliphatic carbocycles. The third-order valence-corrected chi connectivity index (χ3v) is 4.45. The Kier molecular flexibility index (Phi) is 3.31. The van der Waals surface area contributed by atoms with Gasteiger partial charge in [-0.05, 0) is 30.5 Å². The molecule has 0 aromatic heterocycles. The van der Waals surface area contributed by atoms with Crippen LogP contribution in [0.4, 0.5) is 5.69 Å². The fourth-order valence-electron chi connectivity index (χ4n) is 3.40. The van der Waals surface area contributed by atoms with Crippen LogP contribution < -0.4 is 10.2 Å². The van der Waals surface area contributed by atoms with Crippen molar-refractivity contribution < 1.29 is 4.79 Å². The van der Waals surface area contributed by atoms with Crippen molar-refractivity contribution in [2.75, 3.05) is 24.5 Å². The Balaban J connectivity index is 2.03. The van der Waals surface area contributed by atoms with Crippen LogP contribution in [0.15, 0.2) is 24.3 Å². The quantitative estimate of drug-likeness (QED) is 0.839. The Morgan fingerprint density at radius 1 is 1.32 bits per heavy atom. The molecule has 0 spiro atoms. The van der Waals surface area contributed by atoms with E-state index in [0.29, 0.717) is 11.8 Å². The number of fused-ring (bicyclic) bond motifs is 3. The number of hydrogen-bond donors (Lipinski definition) is 1. The molecule has 102 valence electrons. The lowest BCUT2D eigenvalue weighted by Crippen LogP contribution is -2.35. The number of amides is 1. The number of nitrogens with zero attached hydrogens (tertiary/aromatic N) is 1. The highest BCUT2D eigenvalue weighted by Crippen LogP contribution is 2.39. The average molecular weight is 258 g/mol. The van der Waals surface area contributed by atoms with E-state index >= 15 is 0 Å². The summed E-state index contributed by atoms with van der Waals surface area (Å²) in [7, 11) is 0. The van der Waals surface area contributed by atoms with Gasteiger partial charge in [0.2, 0.25) is 5.91 Å². The van der Waals surface area contributed by atoms with Gasteiger partial charge in [-0.2, -0.15) is 0 Å². The molecule has 0 bridgehead atoms. The van der Waals surface area contributed by atoms with Crippen molar-refractivity contribution in [1.82, 2.24) is 5.32 Å². The molecule has 1 aromatic rings. The Bertz CT molecular complexity index is 483. The summed E-state index contributed by atoms with van der Waals surface area (Å²) in [5.74, 6) is 1.55. The van der Waals surface area contributed by atoms with Crippen LogP contribution in [-0.4, -0.2) is 25.5 Å². The minimum atomic E-state index is 0.0594. The molecule has 2 heterocycles. The fourth-order valence-corrected chi connectivity index (χ4v) is 3.40. The number of hydrogen-bond acceptors (Lipinski definition) is 2. The molecule has 2 atom stereocenters. The van der Waals surface area contributed by atoms with Crippen molar-refractivity contribution >= 4 is 11.6 Å². The number of anilines is 1. The smallest absolute Gasteiger partial charge is 0.229 e. The van der Waals surface area contributed by atoms with Crippen molar-refractivity contribution in [3.05, 3.63) is 29.8 Å². The molecule has 1 amide bonds. The van der Waals surface area contributed by atoms with Gasteiger partial charge in [0.15, 0.2) is 0 Å². The normalized spacial score (nSPS) is 25.9. The van der Waals surface area contributed by atoms with Crippen molar-refractivity contribution in [3.8, 4) is 0 Å². The molecule has 3 rings (SSSR count). The average Bonchev–Trinajstić information content (AvgIpc) is 2.82. The molecular weight excluding hydrogens is 236 g/mol. The topological polar surface area (TPSA) is 32.3 Å². The first-order valence-electron chi connectivity index (χ1n) is 7.29. The van der Waals surface area contributed by atoms with Crippen LogP contribution in [0.3, 0.4) is 0 Å². The highest BCUT2D eigenvalue weighted by atomic mass is 16.2. The van der Waals surface area contributed by atoms with Gasteiger partial charge in [-0.25, -0.2) is 0 Å². The zero-order chi connectivity index (χ0) is 13.4. The van der Waals surface area contributed by atoms with Gasteiger partial charge >= 0.3 is 0 Å². The van der Waals surface area contributed by atoms with Crippen molar-refractivity contribution in [2.45, 2.75) is 26.2 Å². The molecule has 1 N–H and O–H groups in total. The van der Waals surface area contributed by atoms with Crippen LogP contribution in [0.1, 0.15) is 31.7 Å². The summed E-state index contributed by atoms with van der Waals surface area (Å²) in [6.07, 6.45) is 1.10. The number of carbonyl (C=O) groups excluding carboxylic acids is 1. The Labute approximate surface area is 115 Å². The number of carbonyl (C=O) groups is 1. The van der Waals surface area contributed by atoms with E-state index in [1.54, 1.807) is 0 Å². The first-order valence-corrected chi connectivity index (χ1v) is 7.29. The molecule has 0 radical (unpaired) electrons. The monoisotopic (exact) mass is 258 g/mol. The summed E-state index contributed by atoms with van der Waals surface area (Å²) in [6, 6.07) is 8.45. The molecule has 2 aliphatic heterocycles. The van der Waals surface area contributed by atoms with Crippen LogP contribution in [0.5, 0.6) is 0 Å². The third kappa shape index (κ3) is 2.16. The van der Waals surface area contributed by atoms with E-state index in [-0.39, 0.29) is 11.8 Å². The molecule has 2 aliphatic rings. The van der Waals surface area contributed by atoms with Gasteiger partial charge in [-0.1, -0.05) is 32.0 Å². The lowest BCUT2D eigenvalue weighted by Gasteiger charge is -2.25. The number of benzene rings is 1. The van der Waals surface area contributed by atoms with E-state index in [9.17, 15) is 4.79 Å². The minimum absolute atomic E-state index is 0.0594. The summed E-state index contributed by atoms with van der Waals surface area (Å²) in [5.41, 5.74) is 2.49. The highest BCUT2D eigenvalue weighted by Gasteiger charge is 2.35. The molecule has 3 heteroatoms. The second-order valence-electron chi connectivity index (χ2n) is 6.02. The Morgan fingerprint density at radius 2 is 2.11 bits per heavy atom. The standard InChI is InChI=1S/C16H22N2O/c1-11(2)16(19)18-8-7-12-9-17-10-14(12)13-5-3-4-6-15(13)18/h3-6,11-12,14,17H,7-10H2,1-2H3/t12-,14-/m1/s1. The van der Waals surface area contributed by atoms with Crippen LogP contribution in [-0.2, 0) is 4.79 Å². The molecule has 1 fully saturated rings. The summed E-state index contributed by atoms with van der Waals surface area (Å²) < 4.78 is 0. The van der Waals surface area contributed by atoms with Crippen molar-refractivity contribution in [1.29, 1.82) is 0 Å². The van der Waals surface area contributed by atoms with Gasteiger partial charge < -0.3 is 10.2 Å². The number of para-hydroxylation sites is 1. The van der Waals surface area contributed by atoms with E-state index in [2.05, 4.69) is 23.5 Å². The summed E-state index contributed by atoms with van der Waals surface area (Å²) in [4.78, 5) is 14.5. The third-order valence-electron chi connectivity index (χ3n) is 4.45. The first kappa shape index (κ1) is 12.7. The van der Waals surface area contributed by atoms with E-state index in [0.717, 1.165) is 31.7 Å². The van der Waals surface area contributed by atoms with Gasteiger partial charge in [0, 0.05) is 30.6 Å². The molecule has 0 unspecified atom stereocenters. The molecule has 1 aromatic carbocycles. The maximum Gasteiger partial charge on any atom is 0.229 e. The van der Waals surface area contributed by atoms with E-state index < -0.39 is 0 Å². The summed E-state index contributed by atoms with van der Waals surface area (Å²) in [6.45, 7) is 6.96. The predicted molar refractivity (Wildman–Crippen MR) is 77.4 cm³/mol. The molecule has 1 saturated heterocycles. The van der Waals surface area contributed by atoms with E-state index in [1.807, 2.05) is 24.8 Å². The summed E-state index contributed by atoms with van der Waals surface area (Å²) >= 11 is 0.